The molecule has 1 rings (SSSR count). The van der Waals surface area contributed by atoms with Crippen LogP contribution in [0.3, 0.4) is 0 Å². The van der Waals surface area contributed by atoms with Crippen LogP contribution in [0, 0.1) is 17.6 Å². The van der Waals surface area contributed by atoms with Crippen LogP contribution in [-0.2, 0) is 0 Å². The highest BCUT2D eigenvalue weighted by Gasteiger charge is 2.15. The van der Waals surface area contributed by atoms with Crippen molar-refractivity contribution < 1.29 is 8.78 Å². The van der Waals surface area contributed by atoms with Gasteiger partial charge in [-0.15, -0.1) is 0 Å². The summed E-state index contributed by atoms with van der Waals surface area (Å²) in [7, 11) is 0. The maximum absolute atomic E-state index is 13.1. The Morgan fingerprint density at radius 3 is 2.24 bits per heavy atom. The fourth-order valence-corrected chi connectivity index (χ4v) is 1.98. The van der Waals surface area contributed by atoms with E-state index >= 15 is 0 Å². The van der Waals surface area contributed by atoms with Gasteiger partial charge in [-0.1, -0.05) is 26.8 Å². The molecule has 0 spiro atoms. The van der Waals surface area contributed by atoms with Crippen molar-refractivity contribution in [2.75, 3.05) is 0 Å². The smallest absolute Gasteiger partial charge is 0.159 e. The quantitative estimate of drug-likeness (QED) is 0.820. The van der Waals surface area contributed by atoms with Gasteiger partial charge in [0.1, 0.15) is 0 Å². The van der Waals surface area contributed by atoms with Crippen LogP contribution in [-0.4, -0.2) is 6.04 Å². The fraction of sp³-hybridized carbons (Fsp3) is 0.571. The zero-order valence-electron chi connectivity index (χ0n) is 10.9. The molecule has 1 aromatic rings. The van der Waals surface area contributed by atoms with E-state index in [0.29, 0.717) is 12.0 Å². The lowest BCUT2D eigenvalue weighted by Crippen LogP contribution is -2.35. The number of nitrogens with one attached hydrogen (secondary N) is 1. The number of hydrogen-bond donors (Lipinski definition) is 1. The molecule has 1 N–H and O–H groups in total. The van der Waals surface area contributed by atoms with E-state index in [0.717, 1.165) is 12.0 Å². The van der Waals surface area contributed by atoms with Crippen molar-refractivity contribution in [2.24, 2.45) is 5.92 Å². The fourth-order valence-electron chi connectivity index (χ4n) is 1.98. The molecule has 17 heavy (non-hydrogen) atoms. The Bertz CT molecular complexity index is 363. The average Bonchev–Trinajstić information content (AvgIpc) is 2.28. The summed E-state index contributed by atoms with van der Waals surface area (Å²) in [5.74, 6) is -1.06. The summed E-state index contributed by atoms with van der Waals surface area (Å²) in [6.45, 7) is 8.39. The third-order valence-electron chi connectivity index (χ3n) is 3.15. The minimum Gasteiger partial charge on any atom is -0.307 e. The van der Waals surface area contributed by atoms with Crippen molar-refractivity contribution in [3.8, 4) is 0 Å². The van der Waals surface area contributed by atoms with E-state index in [1.54, 1.807) is 6.07 Å². The lowest BCUT2D eigenvalue weighted by molar-refractivity contribution is 0.355. The molecule has 0 radical (unpaired) electrons. The van der Waals surface area contributed by atoms with Gasteiger partial charge < -0.3 is 5.32 Å². The predicted octanol–water partition coefficient (Wildman–Crippen LogP) is 4.05. The number of halogens is 2. The molecule has 96 valence electrons. The second-order valence-corrected chi connectivity index (χ2v) is 4.82. The monoisotopic (exact) mass is 241 g/mol. The number of hydrogen-bond acceptors (Lipinski definition) is 1. The highest BCUT2D eigenvalue weighted by atomic mass is 19.2. The lowest BCUT2D eigenvalue weighted by Gasteiger charge is -2.25. The van der Waals surface area contributed by atoms with E-state index in [2.05, 4.69) is 26.1 Å². The Kier molecular flexibility index (Phi) is 5.06. The minimum atomic E-state index is -0.795. The third kappa shape index (κ3) is 3.77. The van der Waals surface area contributed by atoms with Gasteiger partial charge in [0, 0.05) is 12.1 Å². The summed E-state index contributed by atoms with van der Waals surface area (Å²) in [5.41, 5.74) is 0.781. The number of rotatable bonds is 5. The average molecular weight is 241 g/mol. The maximum Gasteiger partial charge on any atom is 0.159 e. The molecule has 0 aliphatic heterocycles. The van der Waals surface area contributed by atoms with E-state index in [1.165, 1.54) is 12.1 Å². The van der Waals surface area contributed by atoms with E-state index in [1.807, 2.05) is 6.92 Å². The van der Waals surface area contributed by atoms with Crippen LogP contribution in [0.4, 0.5) is 8.78 Å². The van der Waals surface area contributed by atoms with Gasteiger partial charge in [0.2, 0.25) is 0 Å². The van der Waals surface area contributed by atoms with Gasteiger partial charge in [0.15, 0.2) is 11.6 Å². The van der Waals surface area contributed by atoms with Crippen LogP contribution < -0.4 is 5.32 Å². The molecule has 0 amide bonds. The van der Waals surface area contributed by atoms with Crippen LogP contribution >= 0.6 is 0 Å². The summed E-state index contributed by atoms with van der Waals surface area (Å²) in [6, 6.07) is 4.48. The molecule has 1 aromatic carbocycles. The molecule has 0 heterocycles. The first-order valence-corrected chi connectivity index (χ1v) is 6.16. The standard InChI is InChI=1S/C14H21F2N/c1-5-14(9(2)3)17-10(4)11-6-7-12(15)13(16)8-11/h6-10,14,17H,5H2,1-4H3. The van der Waals surface area contributed by atoms with Gasteiger partial charge in [0.25, 0.3) is 0 Å². The largest absolute Gasteiger partial charge is 0.307 e. The molecule has 3 heteroatoms. The summed E-state index contributed by atoms with van der Waals surface area (Å²) in [5, 5.41) is 3.44. The zero-order valence-corrected chi connectivity index (χ0v) is 10.9. The maximum atomic E-state index is 13.1. The van der Waals surface area contributed by atoms with Crippen LogP contribution in [0.25, 0.3) is 0 Å². The highest BCUT2D eigenvalue weighted by molar-refractivity contribution is 5.20. The molecule has 1 nitrogen and oxygen atoms in total. The first-order chi connectivity index (χ1) is 7.95. The SMILES string of the molecule is CCC(NC(C)c1ccc(F)c(F)c1)C(C)C. The first-order valence-electron chi connectivity index (χ1n) is 6.16. The summed E-state index contributed by atoms with van der Waals surface area (Å²) >= 11 is 0. The Morgan fingerprint density at radius 2 is 1.76 bits per heavy atom. The first kappa shape index (κ1) is 14.1. The molecule has 0 aliphatic rings. The summed E-state index contributed by atoms with van der Waals surface area (Å²) in [6.07, 6.45) is 1.02. The van der Waals surface area contributed by atoms with Crippen LogP contribution in [0.5, 0.6) is 0 Å². The van der Waals surface area contributed by atoms with Gasteiger partial charge in [-0.25, -0.2) is 8.78 Å². The van der Waals surface area contributed by atoms with E-state index < -0.39 is 11.6 Å². The van der Waals surface area contributed by atoms with E-state index in [4.69, 9.17) is 0 Å². The molecule has 2 unspecified atom stereocenters. The highest BCUT2D eigenvalue weighted by Crippen LogP contribution is 2.18. The van der Waals surface area contributed by atoms with Gasteiger partial charge in [-0.2, -0.15) is 0 Å². The lowest BCUT2D eigenvalue weighted by atomic mass is 9.99. The van der Waals surface area contributed by atoms with Crippen LogP contribution in [0.2, 0.25) is 0 Å². The van der Waals surface area contributed by atoms with Crippen molar-refractivity contribution in [2.45, 2.75) is 46.2 Å². The van der Waals surface area contributed by atoms with E-state index in [-0.39, 0.29) is 6.04 Å². The molecule has 0 bridgehead atoms. The summed E-state index contributed by atoms with van der Waals surface area (Å²) < 4.78 is 25.9. The predicted molar refractivity (Wildman–Crippen MR) is 66.8 cm³/mol. The second-order valence-electron chi connectivity index (χ2n) is 4.82. The summed E-state index contributed by atoms with van der Waals surface area (Å²) in [4.78, 5) is 0. The zero-order chi connectivity index (χ0) is 13.0. The second kappa shape index (κ2) is 6.10. The normalized spacial score (nSPS) is 15.0. The topological polar surface area (TPSA) is 12.0 Å². The van der Waals surface area contributed by atoms with Crippen molar-refractivity contribution in [1.29, 1.82) is 0 Å². The van der Waals surface area contributed by atoms with E-state index in [9.17, 15) is 8.78 Å². The Labute approximate surface area is 102 Å². The van der Waals surface area contributed by atoms with Crippen LogP contribution in [0.1, 0.15) is 45.7 Å². The van der Waals surface area contributed by atoms with Crippen LogP contribution in [0.15, 0.2) is 18.2 Å². The van der Waals surface area contributed by atoms with Gasteiger partial charge in [-0.3, -0.25) is 0 Å². The molecule has 0 aromatic heterocycles. The van der Waals surface area contributed by atoms with Gasteiger partial charge >= 0.3 is 0 Å². The third-order valence-corrected chi connectivity index (χ3v) is 3.15. The molecule has 0 fully saturated rings. The van der Waals surface area contributed by atoms with Gasteiger partial charge in [0.05, 0.1) is 0 Å². The number of benzene rings is 1. The van der Waals surface area contributed by atoms with Crippen molar-refractivity contribution in [3.05, 3.63) is 35.4 Å². The van der Waals surface area contributed by atoms with Gasteiger partial charge in [-0.05, 0) is 37.0 Å². The van der Waals surface area contributed by atoms with Crippen molar-refractivity contribution in [3.63, 3.8) is 0 Å². The van der Waals surface area contributed by atoms with Crippen molar-refractivity contribution in [1.82, 2.24) is 5.32 Å². The molecule has 2 atom stereocenters. The molecule has 0 saturated heterocycles. The molecule has 0 aliphatic carbocycles. The minimum absolute atomic E-state index is 0.0254. The Balaban J connectivity index is 2.75. The molecular weight excluding hydrogens is 220 g/mol. The van der Waals surface area contributed by atoms with Crippen molar-refractivity contribution >= 4 is 0 Å². The Morgan fingerprint density at radius 1 is 1.12 bits per heavy atom. The molecule has 0 saturated carbocycles. The molecular formula is C14H21F2N. The Hall–Kier alpha value is -0.960.